The van der Waals surface area contributed by atoms with E-state index in [9.17, 15) is 14.9 Å². The first-order valence-electron chi connectivity index (χ1n) is 4.71. The molecule has 86 valence electrons. The SMILES string of the molecule is CCCOC(=O)c1cccc([N+](=O)[O-])c1S. The van der Waals surface area contributed by atoms with Gasteiger partial charge in [0, 0.05) is 6.07 Å². The number of nitrogens with zero attached hydrogens (tertiary/aromatic N) is 1. The number of thiol groups is 1. The van der Waals surface area contributed by atoms with Crippen LogP contribution >= 0.6 is 12.6 Å². The molecule has 1 aromatic carbocycles. The van der Waals surface area contributed by atoms with Gasteiger partial charge < -0.3 is 4.74 Å². The Morgan fingerprint density at radius 2 is 2.25 bits per heavy atom. The van der Waals surface area contributed by atoms with E-state index in [-0.39, 0.29) is 22.8 Å². The van der Waals surface area contributed by atoms with Gasteiger partial charge in [0.1, 0.15) is 0 Å². The Balaban J connectivity index is 3.01. The van der Waals surface area contributed by atoms with E-state index in [1.165, 1.54) is 18.2 Å². The third-order valence-corrected chi connectivity index (χ3v) is 2.34. The average Bonchev–Trinajstić information content (AvgIpc) is 2.25. The van der Waals surface area contributed by atoms with Crippen LogP contribution in [0.15, 0.2) is 23.1 Å². The van der Waals surface area contributed by atoms with Crippen molar-refractivity contribution in [3.8, 4) is 0 Å². The van der Waals surface area contributed by atoms with Gasteiger partial charge in [-0.2, -0.15) is 0 Å². The van der Waals surface area contributed by atoms with Crippen molar-refractivity contribution in [2.24, 2.45) is 0 Å². The minimum Gasteiger partial charge on any atom is -0.462 e. The Morgan fingerprint density at radius 3 is 2.81 bits per heavy atom. The van der Waals surface area contributed by atoms with E-state index in [4.69, 9.17) is 4.74 Å². The monoisotopic (exact) mass is 241 g/mol. The van der Waals surface area contributed by atoms with E-state index in [0.29, 0.717) is 6.42 Å². The number of carbonyl (C=O) groups excluding carboxylic acids is 1. The molecule has 0 aliphatic carbocycles. The van der Waals surface area contributed by atoms with E-state index in [1.54, 1.807) is 0 Å². The van der Waals surface area contributed by atoms with Gasteiger partial charge in [-0.15, -0.1) is 12.6 Å². The van der Waals surface area contributed by atoms with E-state index < -0.39 is 10.9 Å². The first-order valence-corrected chi connectivity index (χ1v) is 5.16. The molecule has 0 amide bonds. The van der Waals surface area contributed by atoms with Gasteiger partial charge in [-0.25, -0.2) is 4.79 Å². The highest BCUT2D eigenvalue weighted by atomic mass is 32.1. The minimum atomic E-state index is -0.587. The van der Waals surface area contributed by atoms with Gasteiger partial charge in [-0.1, -0.05) is 13.0 Å². The smallest absolute Gasteiger partial charge is 0.339 e. The summed E-state index contributed by atoms with van der Waals surface area (Å²) in [4.78, 5) is 21.6. The predicted molar refractivity (Wildman–Crippen MR) is 60.9 cm³/mol. The number of rotatable bonds is 4. The van der Waals surface area contributed by atoms with Crippen LogP contribution in [-0.4, -0.2) is 17.5 Å². The zero-order chi connectivity index (χ0) is 12.1. The first kappa shape index (κ1) is 12.5. The summed E-state index contributed by atoms with van der Waals surface area (Å²) in [6.07, 6.45) is 0.697. The van der Waals surface area contributed by atoms with Crippen LogP contribution in [0.2, 0.25) is 0 Å². The number of hydrogen-bond acceptors (Lipinski definition) is 5. The second-order valence-electron chi connectivity index (χ2n) is 3.07. The first-order chi connectivity index (χ1) is 7.57. The molecule has 0 spiro atoms. The number of benzene rings is 1. The van der Waals surface area contributed by atoms with Crippen molar-refractivity contribution in [1.29, 1.82) is 0 Å². The fourth-order valence-electron chi connectivity index (χ4n) is 1.12. The topological polar surface area (TPSA) is 69.4 Å². The summed E-state index contributed by atoms with van der Waals surface area (Å²) in [7, 11) is 0. The van der Waals surface area contributed by atoms with Crippen LogP contribution < -0.4 is 0 Å². The van der Waals surface area contributed by atoms with Crippen LogP contribution in [0.25, 0.3) is 0 Å². The molecule has 1 aromatic rings. The Morgan fingerprint density at radius 1 is 1.56 bits per heavy atom. The molecular weight excluding hydrogens is 230 g/mol. The summed E-state index contributed by atoms with van der Waals surface area (Å²) in [5, 5.41) is 10.6. The molecule has 0 fully saturated rings. The van der Waals surface area contributed by atoms with Crippen LogP contribution in [0.3, 0.4) is 0 Å². The summed E-state index contributed by atoms with van der Waals surface area (Å²) in [5.74, 6) is -0.587. The number of hydrogen-bond donors (Lipinski definition) is 1. The highest BCUT2D eigenvalue weighted by Gasteiger charge is 2.19. The van der Waals surface area contributed by atoms with E-state index >= 15 is 0 Å². The lowest BCUT2D eigenvalue weighted by atomic mass is 10.2. The van der Waals surface area contributed by atoms with Crippen molar-refractivity contribution in [3.63, 3.8) is 0 Å². The van der Waals surface area contributed by atoms with Crippen molar-refractivity contribution in [1.82, 2.24) is 0 Å². The molecule has 5 nitrogen and oxygen atoms in total. The Bertz CT molecular complexity index is 419. The fraction of sp³-hybridized carbons (Fsp3) is 0.300. The third-order valence-electron chi connectivity index (χ3n) is 1.87. The molecular formula is C10H11NO4S. The molecule has 16 heavy (non-hydrogen) atoms. The van der Waals surface area contributed by atoms with Crippen LogP contribution in [-0.2, 0) is 4.74 Å². The molecule has 0 unspecified atom stereocenters. The Hall–Kier alpha value is -1.56. The molecule has 0 atom stereocenters. The largest absolute Gasteiger partial charge is 0.462 e. The summed E-state index contributed by atoms with van der Waals surface area (Å²) in [6.45, 7) is 2.15. The van der Waals surface area contributed by atoms with E-state index in [2.05, 4.69) is 12.6 Å². The predicted octanol–water partition coefficient (Wildman–Crippen LogP) is 2.45. The van der Waals surface area contributed by atoms with E-state index in [1.807, 2.05) is 6.92 Å². The maximum atomic E-state index is 11.5. The third kappa shape index (κ3) is 2.73. The summed E-state index contributed by atoms with van der Waals surface area (Å²) < 4.78 is 4.88. The Labute approximate surface area is 98.0 Å². The maximum Gasteiger partial charge on any atom is 0.339 e. The summed E-state index contributed by atoms with van der Waals surface area (Å²) in [5.41, 5.74) is -0.0831. The molecule has 0 radical (unpaired) electrons. The summed E-state index contributed by atoms with van der Waals surface area (Å²) in [6, 6.07) is 4.17. The molecule has 0 saturated heterocycles. The summed E-state index contributed by atoms with van der Waals surface area (Å²) >= 11 is 3.97. The van der Waals surface area contributed by atoms with Crippen molar-refractivity contribution < 1.29 is 14.5 Å². The second kappa shape index (κ2) is 5.50. The van der Waals surface area contributed by atoms with Crippen LogP contribution in [0.1, 0.15) is 23.7 Å². The van der Waals surface area contributed by atoms with Gasteiger partial charge >= 0.3 is 5.97 Å². The fourth-order valence-corrected chi connectivity index (χ4v) is 1.44. The molecule has 0 saturated carbocycles. The number of esters is 1. The zero-order valence-corrected chi connectivity index (χ0v) is 9.57. The highest BCUT2D eigenvalue weighted by molar-refractivity contribution is 7.80. The van der Waals surface area contributed by atoms with Gasteiger partial charge in [0.05, 0.1) is 22.0 Å². The quantitative estimate of drug-likeness (QED) is 0.380. The molecule has 0 bridgehead atoms. The van der Waals surface area contributed by atoms with Crippen LogP contribution in [0, 0.1) is 10.1 Å². The highest BCUT2D eigenvalue weighted by Crippen LogP contribution is 2.26. The minimum absolute atomic E-state index is 0.0357. The molecule has 0 aliphatic heterocycles. The van der Waals surface area contributed by atoms with Gasteiger partial charge in [0.15, 0.2) is 0 Å². The number of carbonyl (C=O) groups is 1. The number of nitro benzene ring substituents is 1. The average molecular weight is 241 g/mol. The van der Waals surface area contributed by atoms with Gasteiger partial charge in [-0.05, 0) is 12.5 Å². The van der Waals surface area contributed by atoms with E-state index in [0.717, 1.165) is 0 Å². The van der Waals surface area contributed by atoms with Crippen molar-refractivity contribution in [2.45, 2.75) is 18.2 Å². The second-order valence-corrected chi connectivity index (χ2v) is 3.51. The van der Waals surface area contributed by atoms with Crippen LogP contribution in [0.4, 0.5) is 5.69 Å². The van der Waals surface area contributed by atoms with Crippen molar-refractivity contribution >= 4 is 24.3 Å². The molecule has 0 heterocycles. The Kier molecular flexibility index (Phi) is 4.30. The van der Waals surface area contributed by atoms with Crippen molar-refractivity contribution in [2.75, 3.05) is 6.61 Å². The maximum absolute atomic E-state index is 11.5. The number of ether oxygens (including phenoxy) is 1. The standard InChI is InChI=1S/C10H11NO4S/c1-2-6-15-10(12)7-4-3-5-8(9(7)16)11(13)14/h3-5,16H,2,6H2,1H3. The molecule has 0 N–H and O–H groups in total. The van der Waals surface area contributed by atoms with Gasteiger partial charge in [-0.3, -0.25) is 10.1 Å². The molecule has 0 aromatic heterocycles. The van der Waals surface area contributed by atoms with Gasteiger partial charge in [0.25, 0.3) is 5.69 Å². The molecule has 1 rings (SSSR count). The van der Waals surface area contributed by atoms with Gasteiger partial charge in [0.2, 0.25) is 0 Å². The lowest BCUT2D eigenvalue weighted by Gasteiger charge is -2.05. The lowest BCUT2D eigenvalue weighted by Crippen LogP contribution is -2.07. The molecule has 6 heteroatoms. The zero-order valence-electron chi connectivity index (χ0n) is 8.67. The van der Waals surface area contributed by atoms with Crippen LogP contribution in [0.5, 0.6) is 0 Å². The molecule has 0 aliphatic rings. The number of nitro groups is 1. The normalized spacial score (nSPS) is 9.88. The van der Waals surface area contributed by atoms with Crippen molar-refractivity contribution in [3.05, 3.63) is 33.9 Å². The lowest BCUT2D eigenvalue weighted by molar-refractivity contribution is -0.387.